The van der Waals surface area contributed by atoms with E-state index in [0.717, 1.165) is 31.4 Å². The van der Waals surface area contributed by atoms with Gasteiger partial charge in [0.15, 0.2) is 0 Å². The minimum Gasteiger partial charge on any atom is -0.369 e. The van der Waals surface area contributed by atoms with E-state index in [1.54, 1.807) is 18.6 Å². The first-order valence-electron chi connectivity index (χ1n) is 10.2. The maximum atomic E-state index is 12.8. The monoisotopic (exact) mass is 406 g/mol. The molecule has 2 bridgehead atoms. The summed E-state index contributed by atoms with van der Waals surface area (Å²) in [7, 11) is -3.19. The predicted molar refractivity (Wildman–Crippen MR) is 101 cm³/mol. The Morgan fingerprint density at radius 1 is 1.32 bits per heavy atom. The summed E-state index contributed by atoms with van der Waals surface area (Å²) < 4.78 is 33.6. The van der Waals surface area contributed by atoms with Gasteiger partial charge < -0.3 is 9.64 Å². The van der Waals surface area contributed by atoms with Crippen molar-refractivity contribution in [2.75, 3.05) is 19.6 Å². The molecule has 0 aromatic carbocycles. The number of nitrogens with zero attached hydrogens (tertiary/aromatic N) is 3. The summed E-state index contributed by atoms with van der Waals surface area (Å²) in [5.74, 6) is 0.479. The predicted octanol–water partition coefficient (Wildman–Crippen LogP) is 0.497. The van der Waals surface area contributed by atoms with Gasteiger partial charge in [-0.2, -0.15) is 0 Å². The summed E-state index contributed by atoms with van der Waals surface area (Å²) in [5, 5.41) is -0.205. The zero-order valence-electron chi connectivity index (χ0n) is 15.8. The lowest BCUT2D eigenvalue weighted by molar-refractivity contribution is -0.131. The van der Waals surface area contributed by atoms with Gasteiger partial charge >= 0.3 is 0 Å². The minimum absolute atomic E-state index is 0.110. The molecule has 5 rings (SSSR count). The van der Waals surface area contributed by atoms with Crippen LogP contribution >= 0.6 is 0 Å². The first-order valence-corrected chi connectivity index (χ1v) is 11.7. The van der Waals surface area contributed by atoms with Gasteiger partial charge in [-0.15, -0.1) is 0 Å². The first kappa shape index (κ1) is 18.4. The Hall–Kier alpha value is -1.58. The van der Waals surface area contributed by atoms with Crippen LogP contribution in [-0.2, 0) is 26.0 Å². The number of ether oxygens (including phenoxy) is 1. The maximum Gasteiger partial charge on any atom is 0.223 e. The molecule has 9 heteroatoms. The highest BCUT2D eigenvalue weighted by molar-refractivity contribution is 7.90. The van der Waals surface area contributed by atoms with Gasteiger partial charge in [0, 0.05) is 49.9 Å². The Morgan fingerprint density at radius 2 is 2.18 bits per heavy atom. The smallest absolute Gasteiger partial charge is 0.223 e. The molecular formula is C19H26N4O4S. The molecule has 1 N–H and O–H groups in total. The number of fused-ring (bicyclic) bond motifs is 1. The molecule has 4 heterocycles. The minimum atomic E-state index is -3.19. The highest BCUT2D eigenvalue weighted by atomic mass is 32.2. The van der Waals surface area contributed by atoms with Gasteiger partial charge in [-0.25, -0.2) is 13.1 Å². The van der Waals surface area contributed by atoms with E-state index in [9.17, 15) is 13.2 Å². The van der Waals surface area contributed by atoms with Crippen molar-refractivity contribution in [1.29, 1.82) is 0 Å². The molecule has 152 valence electrons. The molecule has 4 aliphatic rings. The zero-order valence-corrected chi connectivity index (χ0v) is 16.6. The number of sulfonamides is 1. The first-order chi connectivity index (χ1) is 13.5. The lowest BCUT2D eigenvalue weighted by Gasteiger charge is -2.29. The number of aromatic nitrogens is 2. The summed E-state index contributed by atoms with van der Waals surface area (Å²) >= 11 is 0. The Bertz CT molecular complexity index is 860. The van der Waals surface area contributed by atoms with E-state index < -0.39 is 10.0 Å². The van der Waals surface area contributed by atoms with Crippen molar-refractivity contribution < 1.29 is 17.9 Å². The van der Waals surface area contributed by atoms with E-state index in [1.165, 1.54) is 0 Å². The van der Waals surface area contributed by atoms with Gasteiger partial charge in [-0.1, -0.05) is 0 Å². The van der Waals surface area contributed by atoms with Crippen LogP contribution in [0.5, 0.6) is 0 Å². The molecule has 8 nitrogen and oxygen atoms in total. The van der Waals surface area contributed by atoms with Crippen molar-refractivity contribution >= 4 is 15.9 Å². The number of amides is 1. The third-order valence-electron chi connectivity index (χ3n) is 6.83. The molecule has 3 aliphatic heterocycles. The molecule has 1 amide bonds. The molecule has 4 atom stereocenters. The molecule has 3 saturated heterocycles. The third kappa shape index (κ3) is 3.23. The summed E-state index contributed by atoms with van der Waals surface area (Å²) in [6.45, 7) is 1.71. The fourth-order valence-corrected chi connectivity index (χ4v) is 6.63. The second-order valence-corrected chi connectivity index (χ2v) is 10.6. The number of carbonyl (C=O) groups excluding carboxylic acids is 1. The van der Waals surface area contributed by atoms with Crippen LogP contribution in [0.2, 0.25) is 0 Å². The molecule has 4 fully saturated rings. The Morgan fingerprint density at radius 3 is 2.93 bits per heavy atom. The molecule has 0 radical (unpaired) electrons. The lowest BCUT2D eigenvalue weighted by atomic mass is 9.74. The lowest BCUT2D eigenvalue weighted by Crippen LogP contribution is -2.42. The normalized spacial score (nSPS) is 34.0. The van der Waals surface area contributed by atoms with Crippen LogP contribution in [0.1, 0.15) is 37.8 Å². The topological polar surface area (TPSA) is 101 Å². The second-order valence-electron chi connectivity index (χ2n) is 8.59. The van der Waals surface area contributed by atoms with Crippen LogP contribution in [0, 0.1) is 11.8 Å². The largest absolute Gasteiger partial charge is 0.369 e. The summed E-state index contributed by atoms with van der Waals surface area (Å²) in [4.78, 5) is 22.9. The SMILES string of the molecule is O=C(CCc1cnccn1)N1C[C@@H]2[C@H](CNS(=O)(=O)C3CC3)[C@H]3CC[C@]2(C1)O3. The fraction of sp³-hybridized carbons (Fsp3) is 0.737. The highest BCUT2D eigenvalue weighted by Gasteiger charge is 2.63. The molecule has 1 spiro atoms. The molecule has 28 heavy (non-hydrogen) atoms. The zero-order chi connectivity index (χ0) is 19.4. The molecule has 1 saturated carbocycles. The number of aryl methyl sites for hydroxylation is 1. The van der Waals surface area contributed by atoms with Crippen LogP contribution in [0.25, 0.3) is 0 Å². The fourth-order valence-electron chi connectivity index (χ4n) is 5.21. The standard InChI is InChI=1S/C19H26N4O4S/c24-18(4-1-13-9-20-7-8-21-13)23-11-16-15(10-22-28(25,26)14-2-3-14)17-5-6-19(16,12-23)27-17/h7-9,14-17,22H,1-6,10-12H2/t15-,16+,17+,19+/m0/s1. The highest BCUT2D eigenvalue weighted by Crippen LogP contribution is 2.54. The Labute approximate surface area is 165 Å². The average molecular weight is 407 g/mol. The molecule has 1 aromatic heterocycles. The molecule has 1 aliphatic carbocycles. The van der Waals surface area contributed by atoms with Gasteiger partial charge in [0.2, 0.25) is 15.9 Å². The van der Waals surface area contributed by atoms with Crippen LogP contribution < -0.4 is 4.72 Å². The maximum absolute atomic E-state index is 12.8. The van der Waals surface area contributed by atoms with Crippen molar-refractivity contribution in [2.45, 2.75) is 55.5 Å². The Kier molecular flexibility index (Phi) is 4.44. The summed E-state index contributed by atoms with van der Waals surface area (Å²) in [6, 6.07) is 0. The number of nitrogens with one attached hydrogen (secondary N) is 1. The summed E-state index contributed by atoms with van der Waals surface area (Å²) in [5.41, 5.74) is 0.542. The van der Waals surface area contributed by atoms with Gasteiger partial charge in [0.25, 0.3) is 0 Å². The number of hydrogen-bond acceptors (Lipinski definition) is 6. The van der Waals surface area contributed by atoms with Crippen LogP contribution in [-0.4, -0.2) is 65.8 Å². The van der Waals surface area contributed by atoms with Crippen LogP contribution in [0.4, 0.5) is 0 Å². The van der Waals surface area contributed by atoms with Gasteiger partial charge in [-0.3, -0.25) is 14.8 Å². The van der Waals surface area contributed by atoms with Crippen molar-refractivity contribution in [2.24, 2.45) is 11.8 Å². The quantitative estimate of drug-likeness (QED) is 0.707. The van der Waals surface area contributed by atoms with E-state index in [0.29, 0.717) is 32.5 Å². The second kappa shape index (κ2) is 6.74. The Balaban J connectivity index is 1.21. The number of likely N-dealkylation sites (tertiary alicyclic amines) is 1. The van der Waals surface area contributed by atoms with E-state index in [-0.39, 0.29) is 34.7 Å². The number of hydrogen-bond donors (Lipinski definition) is 1. The van der Waals surface area contributed by atoms with Crippen LogP contribution in [0.15, 0.2) is 18.6 Å². The van der Waals surface area contributed by atoms with E-state index in [4.69, 9.17) is 4.74 Å². The van der Waals surface area contributed by atoms with Crippen molar-refractivity contribution in [3.63, 3.8) is 0 Å². The van der Waals surface area contributed by atoms with Crippen LogP contribution in [0.3, 0.4) is 0 Å². The van der Waals surface area contributed by atoms with E-state index in [2.05, 4.69) is 14.7 Å². The summed E-state index contributed by atoms with van der Waals surface area (Å²) in [6.07, 6.45) is 9.49. The van der Waals surface area contributed by atoms with Crippen molar-refractivity contribution in [3.8, 4) is 0 Å². The molecule has 1 aromatic rings. The van der Waals surface area contributed by atoms with E-state index >= 15 is 0 Å². The number of rotatable bonds is 7. The molecular weight excluding hydrogens is 380 g/mol. The van der Waals surface area contributed by atoms with Gasteiger partial charge in [0.05, 0.1) is 29.2 Å². The molecule has 0 unspecified atom stereocenters. The van der Waals surface area contributed by atoms with Crippen molar-refractivity contribution in [3.05, 3.63) is 24.3 Å². The average Bonchev–Trinajstić information content (AvgIpc) is 3.30. The van der Waals surface area contributed by atoms with E-state index in [1.807, 2.05) is 4.90 Å². The van der Waals surface area contributed by atoms with Gasteiger partial charge in [-0.05, 0) is 32.1 Å². The van der Waals surface area contributed by atoms with Gasteiger partial charge in [0.1, 0.15) is 0 Å². The van der Waals surface area contributed by atoms with Crippen molar-refractivity contribution in [1.82, 2.24) is 19.6 Å². The number of carbonyl (C=O) groups is 1. The third-order valence-corrected chi connectivity index (χ3v) is 8.75.